The number of rotatable bonds is 8. The third-order valence-corrected chi connectivity index (χ3v) is 3.64. The second-order valence-corrected chi connectivity index (χ2v) is 5.44. The first-order chi connectivity index (χ1) is 11.6. The normalized spacial score (nSPS) is 11.6. The molecule has 2 aromatic rings. The number of carbonyl (C=O) groups is 1. The molecule has 1 unspecified atom stereocenters. The van der Waals surface area contributed by atoms with E-state index >= 15 is 0 Å². The van der Waals surface area contributed by atoms with Gasteiger partial charge in [0, 0.05) is 0 Å². The number of amides is 1. The minimum atomic E-state index is -0.107. The number of methoxy groups -OCH3 is 1. The van der Waals surface area contributed by atoms with Gasteiger partial charge in [-0.2, -0.15) is 0 Å². The zero-order valence-corrected chi connectivity index (χ0v) is 14.0. The fourth-order valence-electron chi connectivity index (χ4n) is 2.17. The Morgan fingerprint density at radius 1 is 1.25 bits per heavy atom. The van der Waals surface area contributed by atoms with Crippen LogP contribution in [0.3, 0.4) is 0 Å². The molecule has 0 aliphatic carbocycles. The summed E-state index contributed by atoms with van der Waals surface area (Å²) >= 11 is 0. The Morgan fingerprint density at radius 2 is 2.00 bits per heavy atom. The Morgan fingerprint density at radius 3 is 2.54 bits per heavy atom. The molecule has 0 radical (unpaired) electrons. The average molecular weight is 329 g/mol. The fourth-order valence-corrected chi connectivity index (χ4v) is 2.17. The Labute approximate surface area is 141 Å². The summed E-state index contributed by atoms with van der Waals surface area (Å²) in [6.07, 6.45) is 2.68. The number of aliphatic hydroxyl groups excluding tert-OH is 1. The number of aliphatic hydroxyl groups is 1. The lowest BCUT2D eigenvalue weighted by Crippen LogP contribution is -2.23. The molecule has 6 nitrogen and oxygen atoms in total. The lowest BCUT2D eigenvalue weighted by atomic mass is 10.1. The summed E-state index contributed by atoms with van der Waals surface area (Å²) in [4.78, 5) is 16.3. The standard InChI is InChI=1S/C18H23N3O3/c1-3-14(12-22)20-17-9-6-15(11-19-17)21-18(23)10-13-4-7-16(24-2)8-5-13/h4-9,11,14,22H,3,10,12H2,1-2H3,(H,19,20)(H,21,23). The van der Waals surface area contributed by atoms with E-state index in [0.29, 0.717) is 11.5 Å². The molecule has 1 aromatic heterocycles. The van der Waals surface area contributed by atoms with Crippen LogP contribution in [0.1, 0.15) is 18.9 Å². The van der Waals surface area contributed by atoms with E-state index in [2.05, 4.69) is 15.6 Å². The van der Waals surface area contributed by atoms with E-state index in [4.69, 9.17) is 4.74 Å². The molecule has 24 heavy (non-hydrogen) atoms. The van der Waals surface area contributed by atoms with Crippen molar-refractivity contribution in [3.05, 3.63) is 48.2 Å². The minimum absolute atomic E-state index is 0.0204. The lowest BCUT2D eigenvalue weighted by Gasteiger charge is -2.14. The maximum Gasteiger partial charge on any atom is 0.228 e. The molecule has 128 valence electrons. The van der Waals surface area contributed by atoms with Crippen LogP contribution in [0.15, 0.2) is 42.6 Å². The van der Waals surface area contributed by atoms with E-state index in [0.717, 1.165) is 17.7 Å². The number of ether oxygens (including phenoxy) is 1. The number of carbonyl (C=O) groups excluding carboxylic acids is 1. The molecule has 6 heteroatoms. The first kappa shape index (κ1) is 17.7. The van der Waals surface area contributed by atoms with Gasteiger partial charge in [0.2, 0.25) is 5.91 Å². The number of hydrogen-bond acceptors (Lipinski definition) is 5. The zero-order valence-electron chi connectivity index (χ0n) is 14.0. The molecule has 3 N–H and O–H groups in total. The van der Waals surface area contributed by atoms with Crippen LogP contribution in [0.4, 0.5) is 11.5 Å². The van der Waals surface area contributed by atoms with Crippen LogP contribution in [-0.4, -0.2) is 35.8 Å². The summed E-state index contributed by atoms with van der Waals surface area (Å²) in [5, 5.41) is 15.1. The van der Waals surface area contributed by atoms with Crippen LogP contribution in [0.25, 0.3) is 0 Å². The summed E-state index contributed by atoms with van der Waals surface area (Å²) in [5.74, 6) is 1.33. The predicted octanol–water partition coefficient (Wildman–Crippen LogP) is 2.45. The third kappa shape index (κ3) is 5.24. The molecule has 0 saturated heterocycles. The Hall–Kier alpha value is -2.60. The largest absolute Gasteiger partial charge is 0.497 e. The van der Waals surface area contributed by atoms with Gasteiger partial charge in [0.15, 0.2) is 0 Å². The number of anilines is 2. The molecule has 0 spiro atoms. The average Bonchev–Trinajstić information content (AvgIpc) is 2.61. The van der Waals surface area contributed by atoms with E-state index in [1.54, 1.807) is 25.4 Å². The van der Waals surface area contributed by atoms with Gasteiger partial charge in [-0.15, -0.1) is 0 Å². The van der Waals surface area contributed by atoms with E-state index in [9.17, 15) is 9.90 Å². The van der Waals surface area contributed by atoms with Crippen LogP contribution in [0, 0.1) is 0 Å². The van der Waals surface area contributed by atoms with Gasteiger partial charge in [-0.25, -0.2) is 4.98 Å². The lowest BCUT2D eigenvalue weighted by molar-refractivity contribution is -0.115. The highest BCUT2D eigenvalue weighted by molar-refractivity contribution is 5.92. The molecule has 0 aliphatic heterocycles. The van der Waals surface area contributed by atoms with Gasteiger partial charge < -0.3 is 20.5 Å². The van der Waals surface area contributed by atoms with Crippen molar-refractivity contribution in [1.82, 2.24) is 4.98 Å². The number of nitrogens with zero attached hydrogens (tertiary/aromatic N) is 1. The van der Waals surface area contributed by atoms with Crippen molar-refractivity contribution in [2.24, 2.45) is 0 Å². The minimum Gasteiger partial charge on any atom is -0.497 e. The highest BCUT2D eigenvalue weighted by Gasteiger charge is 2.07. The summed E-state index contributed by atoms with van der Waals surface area (Å²) in [6, 6.07) is 10.9. The summed E-state index contributed by atoms with van der Waals surface area (Å²) in [7, 11) is 1.61. The molecule has 1 amide bonds. The number of aromatic nitrogens is 1. The van der Waals surface area contributed by atoms with Crippen molar-refractivity contribution < 1.29 is 14.6 Å². The SMILES string of the molecule is CCC(CO)Nc1ccc(NC(=O)Cc2ccc(OC)cc2)cn1. The van der Waals surface area contributed by atoms with E-state index in [1.807, 2.05) is 31.2 Å². The highest BCUT2D eigenvalue weighted by Crippen LogP contribution is 2.14. The quantitative estimate of drug-likeness (QED) is 0.693. The summed E-state index contributed by atoms with van der Waals surface area (Å²) < 4.78 is 5.09. The molecule has 1 atom stereocenters. The number of pyridine rings is 1. The van der Waals surface area contributed by atoms with Gasteiger partial charge in [-0.3, -0.25) is 4.79 Å². The van der Waals surface area contributed by atoms with Gasteiger partial charge in [-0.05, 0) is 36.2 Å². The van der Waals surface area contributed by atoms with Gasteiger partial charge >= 0.3 is 0 Å². The maximum atomic E-state index is 12.1. The monoisotopic (exact) mass is 329 g/mol. The van der Waals surface area contributed by atoms with Crippen molar-refractivity contribution in [3.63, 3.8) is 0 Å². The predicted molar refractivity (Wildman–Crippen MR) is 94.4 cm³/mol. The first-order valence-corrected chi connectivity index (χ1v) is 7.90. The third-order valence-electron chi connectivity index (χ3n) is 3.64. The molecule has 1 aromatic carbocycles. The van der Waals surface area contributed by atoms with Crippen molar-refractivity contribution in [2.75, 3.05) is 24.4 Å². The number of benzene rings is 1. The second kappa shape index (κ2) is 8.88. The zero-order chi connectivity index (χ0) is 17.4. The molecular formula is C18H23N3O3. The van der Waals surface area contributed by atoms with Crippen molar-refractivity contribution in [2.45, 2.75) is 25.8 Å². The van der Waals surface area contributed by atoms with E-state index in [-0.39, 0.29) is 25.0 Å². The molecule has 0 bridgehead atoms. The van der Waals surface area contributed by atoms with E-state index < -0.39 is 0 Å². The Bertz CT molecular complexity index is 638. The molecule has 1 heterocycles. The van der Waals surface area contributed by atoms with Gasteiger partial charge in [0.1, 0.15) is 11.6 Å². The molecule has 0 fully saturated rings. The van der Waals surface area contributed by atoms with Crippen LogP contribution in [0.2, 0.25) is 0 Å². The first-order valence-electron chi connectivity index (χ1n) is 7.90. The summed E-state index contributed by atoms with van der Waals surface area (Å²) in [6.45, 7) is 2.04. The van der Waals surface area contributed by atoms with E-state index in [1.165, 1.54) is 0 Å². The summed E-state index contributed by atoms with van der Waals surface area (Å²) in [5.41, 5.74) is 1.55. The van der Waals surface area contributed by atoms with Crippen LogP contribution in [-0.2, 0) is 11.2 Å². The fraction of sp³-hybridized carbons (Fsp3) is 0.333. The Kier molecular flexibility index (Phi) is 6.57. The van der Waals surface area contributed by atoms with Crippen molar-refractivity contribution >= 4 is 17.4 Å². The second-order valence-electron chi connectivity index (χ2n) is 5.44. The maximum absolute atomic E-state index is 12.1. The van der Waals surface area contributed by atoms with Gasteiger partial charge in [0.05, 0.1) is 38.1 Å². The molecule has 0 aliphatic rings. The van der Waals surface area contributed by atoms with Crippen LogP contribution < -0.4 is 15.4 Å². The molecule has 2 rings (SSSR count). The molecular weight excluding hydrogens is 306 g/mol. The number of nitrogens with one attached hydrogen (secondary N) is 2. The van der Waals surface area contributed by atoms with Gasteiger partial charge in [0.25, 0.3) is 0 Å². The Balaban J connectivity index is 1.89. The van der Waals surface area contributed by atoms with Crippen molar-refractivity contribution in [1.29, 1.82) is 0 Å². The molecule has 0 saturated carbocycles. The van der Waals surface area contributed by atoms with Crippen molar-refractivity contribution in [3.8, 4) is 5.75 Å². The van der Waals surface area contributed by atoms with Crippen LogP contribution in [0.5, 0.6) is 5.75 Å². The number of hydrogen-bond donors (Lipinski definition) is 3. The van der Waals surface area contributed by atoms with Crippen LogP contribution >= 0.6 is 0 Å². The highest BCUT2D eigenvalue weighted by atomic mass is 16.5. The topological polar surface area (TPSA) is 83.5 Å². The smallest absolute Gasteiger partial charge is 0.228 e. The van der Waals surface area contributed by atoms with Gasteiger partial charge in [-0.1, -0.05) is 19.1 Å².